The van der Waals surface area contributed by atoms with E-state index >= 15 is 0 Å². The van der Waals surface area contributed by atoms with Crippen LogP contribution in [0.25, 0.3) is 5.57 Å². The Morgan fingerprint density at radius 3 is 2.14 bits per heavy atom. The zero-order valence-electron chi connectivity index (χ0n) is 16.0. The van der Waals surface area contributed by atoms with Crippen molar-refractivity contribution in [1.82, 2.24) is 4.90 Å². The standard InChI is InChI=1S/C26H25NO/c1-3-7-20(8-4-1)19-27-23-13-14-24(27)18-22(17-23)21-11-15-26(16-12-21)28-25-9-5-2-6-10-25/h1-12,15-17,23-24H,13-14,18-19H2. The lowest BCUT2D eigenvalue weighted by Gasteiger charge is -2.34. The van der Waals surface area contributed by atoms with Crippen LogP contribution in [-0.4, -0.2) is 17.0 Å². The molecule has 2 aliphatic rings. The molecule has 0 spiro atoms. The molecule has 2 heteroatoms. The van der Waals surface area contributed by atoms with Crippen molar-refractivity contribution in [2.75, 3.05) is 0 Å². The van der Waals surface area contributed by atoms with Gasteiger partial charge >= 0.3 is 0 Å². The average molecular weight is 367 g/mol. The topological polar surface area (TPSA) is 12.5 Å². The van der Waals surface area contributed by atoms with Gasteiger partial charge in [-0.15, -0.1) is 0 Å². The van der Waals surface area contributed by atoms with Gasteiger partial charge in [0.05, 0.1) is 0 Å². The Balaban J connectivity index is 1.30. The van der Waals surface area contributed by atoms with E-state index in [0.717, 1.165) is 24.5 Å². The van der Waals surface area contributed by atoms with Gasteiger partial charge in [-0.3, -0.25) is 4.90 Å². The maximum Gasteiger partial charge on any atom is 0.127 e. The second kappa shape index (κ2) is 7.65. The molecule has 140 valence electrons. The molecule has 2 unspecified atom stereocenters. The lowest BCUT2D eigenvalue weighted by molar-refractivity contribution is 0.203. The first-order valence-corrected chi connectivity index (χ1v) is 10.2. The fourth-order valence-corrected chi connectivity index (χ4v) is 4.53. The van der Waals surface area contributed by atoms with E-state index in [4.69, 9.17) is 4.74 Å². The predicted molar refractivity (Wildman–Crippen MR) is 114 cm³/mol. The third kappa shape index (κ3) is 3.61. The predicted octanol–water partition coefficient (Wildman–Crippen LogP) is 6.30. The summed E-state index contributed by atoms with van der Waals surface area (Å²) in [4.78, 5) is 2.69. The largest absolute Gasteiger partial charge is 0.457 e. The summed E-state index contributed by atoms with van der Waals surface area (Å²) in [6.45, 7) is 1.06. The number of rotatable bonds is 5. The molecule has 2 atom stereocenters. The van der Waals surface area contributed by atoms with Crippen LogP contribution in [0.4, 0.5) is 0 Å². The van der Waals surface area contributed by atoms with Crippen LogP contribution in [0.5, 0.6) is 11.5 Å². The van der Waals surface area contributed by atoms with Gasteiger partial charge in [0.15, 0.2) is 0 Å². The van der Waals surface area contributed by atoms with Crippen LogP contribution in [0, 0.1) is 0 Å². The minimum absolute atomic E-state index is 0.564. The lowest BCUT2D eigenvalue weighted by Crippen LogP contribution is -2.37. The number of hydrogen-bond acceptors (Lipinski definition) is 2. The smallest absolute Gasteiger partial charge is 0.127 e. The van der Waals surface area contributed by atoms with Crippen molar-refractivity contribution in [1.29, 1.82) is 0 Å². The van der Waals surface area contributed by atoms with Gasteiger partial charge in [0.2, 0.25) is 0 Å². The van der Waals surface area contributed by atoms with Gasteiger partial charge in [-0.2, -0.15) is 0 Å². The molecule has 2 nitrogen and oxygen atoms in total. The van der Waals surface area contributed by atoms with E-state index in [0.29, 0.717) is 12.1 Å². The molecule has 28 heavy (non-hydrogen) atoms. The third-order valence-electron chi connectivity index (χ3n) is 5.95. The van der Waals surface area contributed by atoms with Crippen molar-refractivity contribution in [2.24, 2.45) is 0 Å². The van der Waals surface area contributed by atoms with Gasteiger partial charge in [0, 0.05) is 18.6 Å². The molecule has 2 aliphatic heterocycles. The van der Waals surface area contributed by atoms with Crippen molar-refractivity contribution in [3.63, 3.8) is 0 Å². The average Bonchev–Trinajstić information content (AvgIpc) is 2.97. The fraction of sp³-hybridized carbons (Fsp3) is 0.231. The van der Waals surface area contributed by atoms with Crippen LogP contribution in [0.2, 0.25) is 0 Å². The van der Waals surface area contributed by atoms with Crippen molar-refractivity contribution in [3.8, 4) is 11.5 Å². The van der Waals surface area contributed by atoms with Crippen LogP contribution in [0.3, 0.4) is 0 Å². The van der Waals surface area contributed by atoms with Gasteiger partial charge in [0.25, 0.3) is 0 Å². The molecule has 0 aromatic heterocycles. The maximum atomic E-state index is 5.93. The van der Waals surface area contributed by atoms with Crippen molar-refractivity contribution in [3.05, 3.63) is 102 Å². The molecule has 0 radical (unpaired) electrons. The van der Waals surface area contributed by atoms with E-state index in [1.54, 1.807) is 0 Å². The monoisotopic (exact) mass is 367 g/mol. The molecule has 2 heterocycles. The van der Waals surface area contributed by atoms with Crippen molar-refractivity contribution >= 4 is 5.57 Å². The molecule has 1 saturated heterocycles. The Morgan fingerprint density at radius 1 is 0.750 bits per heavy atom. The minimum Gasteiger partial charge on any atom is -0.457 e. The molecule has 0 N–H and O–H groups in total. The molecule has 5 rings (SSSR count). The first-order valence-electron chi connectivity index (χ1n) is 10.2. The number of ether oxygens (including phenoxy) is 1. The molecule has 0 aliphatic carbocycles. The summed E-state index contributed by atoms with van der Waals surface area (Å²) in [5.41, 5.74) is 4.23. The number of fused-ring (bicyclic) bond motifs is 2. The summed E-state index contributed by atoms with van der Waals surface area (Å²) in [7, 11) is 0. The molecular formula is C26H25NO. The molecule has 2 bridgehead atoms. The normalized spacial score (nSPS) is 21.4. The number of nitrogens with zero attached hydrogens (tertiary/aromatic N) is 1. The van der Waals surface area contributed by atoms with E-state index in [2.05, 4.69) is 65.6 Å². The Hall–Kier alpha value is -2.84. The summed E-state index contributed by atoms with van der Waals surface area (Å²) in [6.07, 6.45) is 6.21. The maximum absolute atomic E-state index is 5.93. The first kappa shape index (κ1) is 17.3. The van der Waals surface area contributed by atoms with Crippen LogP contribution in [0.15, 0.2) is 91.0 Å². The molecule has 3 aromatic carbocycles. The quantitative estimate of drug-likeness (QED) is 0.525. The van der Waals surface area contributed by atoms with E-state index in [1.165, 1.54) is 29.5 Å². The van der Waals surface area contributed by atoms with Crippen molar-refractivity contribution in [2.45, 2.75) is 37.9 Å². The summed E-state index contributed by atoms with van der Waals surface area (Å²) < 4.78 is 5.93. The molecule has 3 aromatic rings. The van der Waals surface area contributed by atoms with E-state index in [1.807, 2.05) is 30.3 Å². The highest BCUT2D eigenvalue weighted by Crippen LogP contribution is 2.39. The van der Waals surface area contributed by atoms with E-state index < -0.39 is 0 Å². The van der Waals surface area contributed by atoms with E-state index in [9.17, 15) is 0 Å². The highest BCUT2D eigenvalue weighted by atomic mass is 16.5. The molecule has 0 amide bonds. The Labute approximate surface area is 167 Å². The SMILES string of the molecule is C1=C(c2ccc(Oc3ccccc3)cc2)CC2CCC1N2Cc1ccccc1. The number of para-hydroxylation sites is 1. The van der Waals surface area contributed by atoms with Gasteiger partial charge in [0.1, 0.15) is 11.5 Å². The summed E-state index contributed by atoms with van der Waals surface area (Å²) in [5, 5.41) is 0. The molecular weight excluding hydrogens is 342 g/mol. The van der Waals surface area contributed by atoms with Crippen LogP contribution in [-0.2, 0) is 6.54 Å². The van der Waals surface area contributed by atoms with Gasteiger partial charge in [-0.05, 0) is 60.2 Å². The first-order chi connectivity index (χ1) is 13.8. The lowest BCUT2D eigenvalue weighted by atomic mass is 9.94. The van der Waals surface area contributed by atoms with Crippen LogP contribution < -0.4 is 4.74 Å². The number of benzene rings is 3. The zero-order valence-corrected chi connectivity index (χ0v) is 16.0. The van der Waals surface area contributed by atoms with Gasteiger partial charge in [-0.1, -0.05) is 66.7 Å². The summed E-state index contributed by atoms with van der Waals surface area (Å²) in [6, 6.07) is 30.6. The Morgan fingerprint density at radius 2 is 1.43 bits per heavy atom. The summed E-state index contributed by atoms with van der Waals surface area (Å²) in [5.74, 6) is 1.77. The number of hydrogen-bond donors (Lipinski definition) is 0. The van der Waals surface area contributed by atoms with Crippen molar-refractivity contribution < 1.29 is 4.74 Å². The van der Waals surface area contributed by atoms with E-state index in [-0.39, 0.29) is 0 Å². The zero-order chi connectivity index (χ0) is 18.8. The highest BCUT2D eigenvalue weighted by Gasteiger charge is 2.36. The Kier molecular flexibility index (Phi) is 4.72. The third-order valence-corrected chi connectivity index (χ3v) is 5.95. The molecule has 1 fully saturated rings. The summed E-state index contributed by atoms with van der Waals surface area (Å²) >= 11 is 0. The second-order valence-corrected chi connectivity index (χ2v) is 7.79. The van der Waals surface area contributed by atoms with Crippen LogP contribution in [0.1, 0.15) is 30.4 Å². The van der Waals surface area contributed by atoms with Crippen LogP contribution >= 0.6 is 0 Å². The Bertz CT molecular complexity index is 947. The highest BCUT2D eigenvalue weighted by molar-refractivity contribution is 5.68. The minimum atomic E-state index is 0.564. The fourth-order valence-electron chi connectivity index (χ4n) is 4.53. The van der Waals surface area contributed by atoms with Gasteiger partial charge in [-0.25, -0.2) is 0 Å². The molecule has 0 saturated carbocycles. The second-order valence-electron chi connectivity index (χ2n) is 7.79. The van der Waals surface area contributed by atoms with Gasteiger partial charge < -0.3 is 4.74 Å².